The number of carbonyl (C=O) groups excluding carboxylic acids is 1. The molecule has 18 heavy (non-hydrogen) atoms. The van der Waals surface area contributed by atoms with Crippen molar-refractivity contribution in [2.75, 3.05) is 11.9 Å². The van der Waals surface area contributed by atoms with Crippen molar-refractivity contribution in [3.63, 3.8) is 0 Å². The first-order valence-corrected chi connectivity index (χ1v) is 5.84. The summed E-state index contributed by atoms with van der Waals surface area (Å²) in [5.41, 5.74) is 1.34. The number of aryl methyl sites for hydroxylation is 1. The Morgan fingerprint density at radius 1 is 1.44 bits per heavy atom. The number of hydrogen-bond donors (Lipinski definition) is 2. The van der Waals surface area contributed by atoms with Crippen LogP contribution in [0.15, 0.2) is 18.2 Å². The molecular weight excluding hydrogens is 234 g/mol. The first kappa shape index (κ1) is 12.6. The lowest BCUT2D eigenvalue weighted by atomic mass is 10.1. The van der Waals surface area contributed by atoms with Gasteiger partial charge in [-0.05, 0) is 37.5 Å². The molecule has 2 N–H and O–H groups in total. The summed E-state index contributed by atoms with van der Waals surface area (Å²) in [7, 11) is 0. The van der Waals surface area contributed by atoms with E-state index < -0.39 is 12.1 Å². The van der Waals surface area contributed by atoms with Gasteiger partial charge in [0.15, 0.2) is 0 Å². The third-order valence-electron chi connectivity index (χ3n) is 2.96. The van der Waals surface area contributed by atoms with Crippen LogP contribution in [0.1, 0.15) is 28.8 Å². The summed E-state index contributed by atoms with van der Waals surface area (Å²) in [6.07, 6.45) is 1.18. The molecule has 5 heteroatoms. The number of aromatic carboxylic acids is 1. The summed E-state index contributed by atoms with van der Waals surface area (Å²) in [5.74, 6) is -1.21. The Labute approximate surface area is 105 Å². The molecule has 96 valence electrons. The minimum atomic E-state index is -0.999. The highest BCUT2D eigenvalue weighted by atomic mass is 16.5. The van der Waals surface area contributed by atoms with Crippen molar-refractivity contribution in [2.24, 2.45) is 0 Å². The van der Waals surface area contributed by atoms with Crippen LogP contribution in [-0.2, 0) is 9.53 Å². The smallest absolute Gasteiger partial charge is 0.336 e. The third kappa shape index (κ3) is 2.68. The molecule has 0 saturated carbocycles. The van der Waals surface area contributed by atoms with Crippen LogP contribution in [0.25, 0.3) is 0 Å². The highest BCUT2D eigenvalue weighted by molar-refractivity contribution is 5.96. The molecule has 0 bridgehead atoms. The summed E-state index contributed by atoms with van der Waals surface area (Å²) in [4.78, 5) is 22.8. The van der Waals surface area contributed by atoms with Gasteiger partial charge in [-0.15, -0.1) is 0 Å². The van der Waals surface area contributed by atoms with Gasteiger partial charge in [0.1, 0.15) is 6.10 Å². The summed E-state index contributed by atoms with van der Waals surface area (Å²) in [6.45, 7) is 2.32. The van der Waals surface area contributed by atoms with E-state index in [4.69, 9.17) is 9.84 Å². The Morgan fingerprint density at radius 2 is 2.22 bits per heavy atom. The molecule has 1 saturated heterocycles. The number of anilines is 1. The number of ether oxygens (including phenoxy) is 1. The number of nitrogens with one attached hydrogen (secondary N) is 1. The van der Waals surface area contributed by atoms with Gasteiger partial charge in [0.2, 0.25) is 0 Å². The van der Waals surface area contributed by atoms with Crippen LogP contribution in [0.2, 0.25) is 0 Å². The van der Waals surface area contributed by atoms with Crippen LogP contribution in [0, 0.1) is 6.92 Å². The van der Waals surface area contributed by atoms with E-state index in [0.29, 0.717) is 24.3 Å². The maximum atomic E-state index is 11.8. The van der Waals surface area contributed by atoms with Crippen molar-refractivity contribution in [1.29, 1.82) is 0 Å². The van der Waals surface area contributed by atoms with E-state index in [1.807, 2.05) is 0 Å². The topological polar surface area (TPSA) is 75.6 Å². The van der Waals surface area contributed by atoms with E-state index >= 15 is 0 Å². The zero-order valence-corrected chi connectivity index (χ0v) is 10.1. The summed E-state index contributed by atoms with van der Waals surface area (Å²) in [6, 6.07) is 4.83. The van der Waals surface area contributed by atoms with Crippen LogP contribution in [-0.4, -0.2) is 29.7 Å². The molecule has 1 fully saturated rings. The number of carbonyl (C=O) groups is 2. The molecule has 1 aliphatic heterocycles. The SMILES string of the molecule is Cc1ccc(NC(=O)[C@H]2CCCO2)cc1C(=O)O. The lowest BCUT2D eigenvalue weighted by Crippen LogP contribution is -2.26. The van der Waals surface area contributed by atoms with E-state index in [1.54, 1.807) is 19.1 Å². The summed E-state index contributed by atoms with van der Waals surface area (Å²) >= 11 is 0. The van der Waals surface area contributed by atoms with Crippen LogP contribution in [0.4, 0.5) is 5.69 Å². The predicted octanol–water partition coefficient (Wildman–Crippen LogP) is 1.81. The molecule has 1 aromatic carbocycles. The number of amides is 1. The standard InChI is InChI=1S/C13H15NO4/c1-8-4-5-9(7-10(8)13(16)17)14-12(15)11-3-2-6-18-11/h4-5,7,11H,2-3,6H2,1H3,(H,14,15)(H,16,17)/t11-/m1/s1. The Hall–Kier alpha value is -1.88. The van der Waals surface area contributed by atoms with Gasteiger partial charge in [-0.2, -0.15) is 0 Å². The molecule has 1 heterocycles. The van der Waals surface area contributed by atoms with Crippen molar-refractivity contribution < 1.29 is 19.4 Å². The van der Waals surface area contributed by atoms with Crippen molar-refractivity contribution in [1.82, 2.24) is 0 Å². The highest BCUT2D eigenvalue weighted by Gasteiger charge is 2.23. The quantitative estimate of drug-likeness (QED) is 0.856. The predicted molar refractivity (Wildman–Crippen MR) is 65.7 cm³/mol. The lowest BCUT2D eigenvalue weighted by Gasteiger charge is -2.11. The Morgan fingerprint density at radius 3 is 2.83 bits per heavy atom. The van der Waals surface area contributed by atoms with Crippen LogP contribution in [0.5, 0.6) is 0 Å². The molecule has 0 unspecified atom stereocenters. The average Bonchev–Trinajstić information content (AvgIpc) is 2.85. The molecule has 1 atom stereocenters. The van der Waals surface area contributed by atoms with Gasteiger partial charge in [0.25, 0.3) is 5.91 Å². The molecule has 5 nitrogen and oxygen atoms in total. The van der Waals surface area contributed by atoms with E-state index in [2.05, 4.69) is 5.32 Å². The van der Waals surface area contributed by atoms with Crippen molar-refractivity contribution in [3.8, 4) is 0 Å². The maximum Gasteiger partial charge on any atom is 0.336 e. The highest BCUT2D eigenvalue weighted by Crippen LogP contribution is 2.18. The van der Waals surface area contributed by atoms with Gasteiger partial charge >= 0.3 is 5.97 Å². The fraction of sp³-hybridized carbons (Fsp3) is 0.385. The van der Waals surface area contributed by atoms with E-state index in [0.717, 1.165) is 6.42 Å². The van der Waals surface area contributed by atoms with Crippen LogP contribution < -0.4 is 5.32 Å². The molecule has 0 radical (unpaired) electrons. The first-order chi connectivity index (χ1) is 8.58. The zero-order valence-electron chi connectivity index (χ0n) is 10.1. The van der Waals surface area contributed by atoms with E-state index in [1.165, 1.54) is 6.07 Å². The van der Waals surface area contributed by atoms with Gasteiger partial charge < -0.3 is 15.2 Å². The summed E-state index contributed by atoms with van der Waals surface area (Å²) < 4.78 is 5.26. The molecule has 1 amide bonds. The molecule has 0 aliphatic carbocycles. The average molecular weight is 249 g/mol. The third-order valence-corrected chi connectivity index (χ3v) is 2.96. The fourth-order valence-corrected chi connectivity index (χ4v) is 1.94. The summed E-state index contributed by atoms with van der Waals surface area (Å²) in [5, 5.41) is 11.7. The second-order valence-corrected chi connectivity index (χ2v) is 4.33. The van der Waals surface area contributed by atoms with Gasteiger partial charge in [0, 0.05) is 12.3 Å². The normalized spacial score (nSPS) is 18.6. The monoisotopic (exact) mass is 249 g/mol. The number of rotatable bonds is 3. The molecular formula is C13H15NO4. The molecule has 1 aromatic rings. The largest absolute Gasteiger partial charge is 0.478 e. The minimum absolute atomic E-state index is 0.195. The molecule has 0 spiro atoms. The van der Waals surface area contributed by atoms with Crippen molar-refractivity contribution in [2.45, 2.75) is 25.9 Å². The van der Waals surface area contributed by atoms with E-state index in [-0.39, 0.29) is 11.5 Å². The van der Waals surface area contributed by atoms with Crippen LogP contribution in [0.3, 0.4) is 0 Å². The molecule has 2 rings (SSSR count). The van der Waals surface area contributed by atoms with E-state index in [9.17, 15) is 9.59 Å². The Balaban J connectivity index is 2.11. The minimum Gasteiger partial charge on any atom is -0.478 e. The second kappa shape index (κ2) is 5.18. The van der Waals surface area contributed by atoms with Crippen LogP contribution >= 0.6 is 0 Å². The number of benzene rings is 1. The van der Waals surface area contributed by atoms with Gasteiger partial charge in [-0.1, -0.05) is 6.07 Å². The number of hydrogen-bond acceptors (Lipinski definition) is 3. The number of carboxylic acid groups (broad SMARTS) is 1. The Kier molecular flexibility index (Phi) is 3.62. The van der Waals surface area contributed by atoms with Crippen molar-refractivity contribution in [3.05, 3.63) is 29.3 Å². The fourth-order valence-electron chi connectivity index (χ4n) is 1.94. The zero-order chi connectivity index (χ0) is 13.1. The van der Waals surface area contributed by atoms with Gasteiger partial charge in [-0.25, -0.2) is 4.79 Å². The van der Waals surface area contributed by atoms with Gasteiger partial charge in [-0.3, -0.25) is 4.79 Å². The molecule has 0 aromatic heterocycles. The Bertz CT molecular complexity index is 478. The molecule has 1 aliphatic rings. The second-order valence-electron chi connectivity index (χ2n) is 4.33. The van der Waals surface area contributed by atoms with Crippen molar-refractivity contribution >= 4 is 17.6 Å². The lowest BCUT2D eigenvalue weighted by molar-refractivity contribution is -0.124. The number of carboxylic acids is 1. The first-order valence-electron chi connectivity index (χ1n) is 5.84. The van der Waals surface area contributed by atoms with Gasteiger partial charge in [0.05, 0.1) is 5.56 Å². The maximum absolute atomic E-state index is 11.8.